The minimum atomic E-state index is -0.0285. The molecule has 0 saturated carbocycles. The molecule has 0 heterocycles. The Labute approximate surface area is 180 Å². The third kappa shape index (κ3) is 15.1. The lowest BCUT2D eigenvalue weighted by atomic mass is 10.0. The number of nitrogens with one attached hydrogen (secondary N) is 1. The Morgan fingerprint density at radius 3 is 1.69 bits per heavy atom. The SMILES string of the molecule is CCCCCCCCCCCCCCCCNC(=O)COc1ccc(CC)cc1. The summed E-state index contributed by atoms with van der Waals surface area (Å²) < 4.78 is 5.53. The molecule has 0 spiro atoms. The van der Waals surface area contributed by atoms with E-state index < -0.39 is 0 Å². The van der Waals surface area contributed by atoms with Crippen molar-refractivity contribution in [3.8, 4) is 5.75 Å². The average Bonchev–Trinajstić information content (AvgIpc) is 2.75. The topological polar surface area (TPSA) is 38.3 Å². The highest BCUT2D eigenvalue weighted by Gasteiger charge is 2.02. The van der Waals surface area contributed by atoms with Crippen molar-refractivity contribution < 1.29 is 9.53 Å². The van der Waals surface area contributed by atoms with Crippen molar-refractivity contribution in [3.05, 3.63) is 29.8 Å². The van der Waals surface area contributed by atoms with Gasteiger partial charge in [0.05, 0.1) is 0 Å². The first-order valence-electron chi connectivity index (χ1n) is 12.2. The number of rotatable bonds is 19. The first kappa shape index (κ1) is 25.5. The molecule has 0 radical (unpaired) electrons. The fourth-order valence-corrected chi connectivity index (χ4v) is 3.57. The van der Waals surface area contributed by atoms with Crippen molar-refractivity contribution >= 4 is 5.91 Å². The molecule has 3 nitrogen and oxygen atoms in total. The van der Waals surface area contributed by atoms with Gasteiger partial charge in [0.25, 0.3) is 5.91 Å². The number of hydrogen-bond donors (Lipinski definition) is 1. The number of carbonyl (C=O) groups is 1. The molecule has 1 amide bonds. The van der Waals surface area contributed by atoms with Crippen molar-refractivity contribution in [3.63, 3.8) is 0 Å². The number of hydrogen-bond acceptors (Lipinski definition) is 2. The Hall–Kier alpha value is -1.51. The highest BCUT2D eigenvalue weighted by molar-refractivity contribution is 5.77. The van der Waals surface area contributed by atoms with Crippen LogP contribution in [0.2, 0.25) is 0 Å². The molecule has 1 aromatic rings. The average molecular weight is 404 g/mol. The van der Waals surface area contributed by atoms with Gasteiger partial charge in [-0.15, -0.1) is 0 Å². The van der Waals surface area contributed by atoms with E-state index in [9.17, 15) is 4.79 Å². The number of unbranched alkanes of at least 4 members (excludes halogenated alkanes) is 13. The molecule has 0 saturated heterocycles. The monoisotopic (exact) mass is 403 g/mol. The molecule has 0 aliphatic heterocycles. The van der Waals surface area contributed by atoms with Crippen molar-refractivity contribution in [2.45, 2.75) is 110 Å². The van der Waals surface area contributed by atoms with Gasteiger partial charge < -0.3 is 10.1 Å². The van der Waals surface area contributed by atoms with Gasteiger partial charge in [-0.1, -0.05) is 109 Å². The van der Waals surface area contributed by atoms with E-state index >= 15 is 0 Å². The van der Waals surface area contributed by atoms with Crippen LogP contribution in [-0.4, -0.2) is 19.1 Å². The van der Waals surface area contributed by atoms with E-state index in [-0.39, 0.29) is 12.5 Å². The summed E-state index contributed by atoms with van der Waals surface area (Å²) in [4.78, 5) is 11.8. The van der Waals surface area contributed by atoms with E-state index in [0.29, 0.717) is 0 Å². The van der Waals surface area contributed by atoms with Crippen LogP contribution in [0.3, 0.4) is 0 Å². The summed E-state index contributed by atoms with van der Waals surface area (Å²) in [5.41, 5.74) is 1.28. The normalized spacial score (nSPS) is 10.8. The lowest BCUT2D eigenvalue weighted by molar-refractivity contribution is -0.123. The van der Waals surface area contributed by atoms with Gasteiger partial charge in [0.2, 0.25) is 0 Å². The molecule has 0 aromatic heterocycles. The molecule has 29 heavy (non-hydrogen) atoms. The van der Waals surface area contributed by atoms with E-state index in [2.05, 4.69) is 19.2 Å². The quantitative estimate of drug-likeness (QED) is 0.247. The van der Waals surface area contributed by atoms with Gasteiger partial charge in [0.15, 0.2) is 6.61 Å². The van der Waals surface area contributed by atoms with Gasteiger partial charge in [-0.05, 0) is 30.5 Å². The van der Waals surface area contributed by atoms with Crippen molar-refractivity contribution in [2.24, 2.45) is 0 Å². The zero-order valence-corrected chi connectivity index (χ0v) is 19.1. The van der Waals surface area contributed by atoms with Crippen molar-refractivity contribution in [2.75, 3.05) is 13.2 Å². The second-order valence-corrected chi connectivity index (χ2v) is 8.23. The van der Waals surface area contributed by atoms with Crippen LogP contribution in [-0.2, 0) is 11.2 Å². The van der Waals surface area contributed by atoms with Crippen LogP contribution in [0, 0.1) is 0 Å². The van der Waals surface area contributed by atoms with Crippen LogP contribution < -0.4 is 10.1 Å². The summed E-state index contributed by atoms with van der Waals surface area (Å²) >= 11 is 0. The zero-order valence-electron chi connectivity index (χ0n) is 19.1. The Bertz CT molecular complexity index is 498. The van der Waals surface area contributed by atoms with Crippen molar-refractivity contribution in [1.29, 1.82) is 0 Å². The number of benzene rings is 1. The second kappa shape index (κ2) is 18.5. The molecular weight excluding hydrogens is 358 g/mol. The van der Waals surface area contributed by atoms with Gasteiger partial charge in [-0.25, -0.2) is 0 Å². The maximum absolute atomic E-state index is 11.8. The summed E-state index contributed by atoms with van der Waals surface area (Å²) in [5, 5.41) is 2.95. The Morgan fingerprint density at radius 2 is 1.21 bits per heavy atom. The standard InChI is InChI=1S/C26H45NO2/c1-3-5-6-7-8-9-10-11-12-13-14-15-16-17-22-27-26(28)23-29-25-20-18-24(4-2)19-21-25/h18-21H,3-17,22-23H2,1-2H3,(H,27,28). The lowest BCUT2D eigenvalue weighted by Crippen LogP contribution is -2.29. The Kier molecular flexibility index (Phi) is 16.3. The highest BCUT2D eigenvalue weighted by atomic mass is 16.5. The summed E-state index contributed by atoms with van der Waals surface area (Å²) in [6.07, 6.45) is 20.0. The number of carbonyl (C=O) groups excluding carboxylic acids is 1. The zero-order chi connectivity index (χ0) is 21.0. The molecule has 3 heteroatoms. The molecule has 0 fully saturated rings. The summed E-state index contributed by atoms with van der Waals surface area (Å²) in [7, 11) is 0. The first-order chi connectivity index (χ1) is 14.3. The third-order valence-electron chi connectivity index (χ3n) is 5.55. The van der Waals surface area contributed by atoms with E-state index in [1.54, 1.807) is 0 Å². The Balaban J connectivity index is 1.82. The van der Waals surface area contributed by atoms with Crippen LogP contribution in [0.5, 0.6) is 5.75 Å². The van der Waals surface area contributed by atoms with Crippen molar-refractivity contribution in [1.82, 2.24) is 5.32 Å². The molecule has 0 atom stereocenters. The maximum atomic E-state index is 11.8. The number of aryl methyl sites for hydroxylation is 1. The van der Waals surface area contributed by atoms with Crippen LogP contribution in [0.4, 0.5) is 0 Å². The predicted octanol–water partition coefficient (Wildman–Crippen LogP) is 7.23. The lowest BCUT2D eigenvalue weighted by Gasteiger charge is -2.08. The molecule has 0 aliphatic carbocycles. The molecule has 166 valence electrons. The molecule has 1 rings (SSSR count). The van der Waals surface area contributed by atoms with Crippen LogP contribution >= 0.6 is 0 Å². The van der Waals surface area contributed by atoms with Crippen LogP contribution in [0.1, 0.15) is 109 Å². The molecular formula is C26H45NO2. The third-order valence-corrected chi connectivity index (χ3v) is 5.55. The smallest absolute Gasteiger partial charge is 0.257 e. The molecule has 0 bridgehead atoms. The minimum Gasteiger partial charge on any atom is -0.484 e. The van der Waals surface area contributed by atoms with E-state index in [0.717, 1.165) is 25.1 Å². The van der Waals surface area contributed by atoms with E-state index in [4.69, 9.17) is 4.74 Å². The van der Waals surface area contributed by atoms with Crippen LogP contribution in [0.15, 0.2) is 24.3 Å². The van der Waals surface area contributed by atoms with Crippen LogP contribution in [0.25, 0.3) is 0 Å². The largest absolute Gasteiger partial charge is 0.484 e. The Morgan fingerprint density at radius 1 is 0.724 bits per heavy atom. The fourth-order valence-electron chi connectivity index (χ4n) is 3.57. The minimum absolute atomic E-state index is 0.0285. The maximum Gasteiger partial charge on any atom is 0.257 e. The predicted molar refractivity (Wildman–Crippen MR) is 125 cm³/mol. The molecule has 1 aromatic carbocycles. The highest BCUT2D eigenvalue weighted by Crippen LogP contribution is 2.13. The van der Waals surface area contributed by atoms with Gasteiger partial charge in [-0.2, -0.15) is 0 Å². The molecule has 0 aliphatic rings. The summed E-state index contributed by atoms with van der Waals surface area (Å²) in [5.74, 6) is 0.730. The van der Waals surface area contributed by atoms with Gasteiger partial charge in [0.1, 0.15) is 5.75 Å². The molecule has 0 unspecified atom stereocenters. The number of amides is 1. The first-order valence-corrected chi connectivity index (χ1v) is 12.2. The fraction of sp³-hybridized carbons (Fsp3) is 0.731. The van der Waals surface area contributed by atoms with Gasteiger partial charge in [0, 0.05) is 6.54 Å². The van der Waals surface area contributed by atoms with Gasteiger partial charge in [-0.3, -0.25) is 4.79 Å². The van der Waals surface area contributed by atoms with E-state index in [1.807, 2.05) is 24.3 Å². The van der Waals surface area contributed by atoms with Gasteiger partial charge >= 0.3 is 0 Å². The molecule has 1 N–H and O–H groups in total. The summed E-state index contributed by atoms with van der Waals surface area (Å²) in [6, 6.07) is 7.95. The number of ether oxygens (including phenoxy) is 1. The van der Waals surface area contributed by atoms with E-state index in [1.165, 1.54) is 89.0 Å². The second-order valence-electron chi connectivity index (χ2n) is 8.23. The summed E-state index contributed by atoms with van der Waals surface area (Å²) in [6.45, 7) is 5.26.